The number of aromatic nitrogens is 3. The highest BCUT2D eigenvalue weighted by molar-refractivity contribution is 6.32. The molecule has 5 heteroatoms. The molecule has 0 bridgehead atoms. The first-order valence-electron chi connectivity index (χ1n) is 8.89. The molecular formula is C22H21ClN4. The van der Waals surface area contributed by atoms with Crippen LogP contribution in [0.5, 0.6) is 0 Å². The van der Waals surface area contributed by atoms with Gasteiger partial charge in [0.05, 0.1) is 0 Å². The van der Waals surface area contributed by atoms with E-state index in [4.69, 9.17) is 16.6 Å². The Morgan fingerprint density at radius 2 is 1.52 bits per heavy atom. The van der Waals surface area contributed by atoms with E-state index in [9.17, 15) is 0 Å². The molecule has 0 amide bonds. The molecule has 1 N–H and O–H groups in total. The van der Waals surface area contributed by atoms with Gasteiger partial charge >= 0.3 is 0 Å². The van der Waals surface area contributed by atoms with Gasteiger partial charge in [-0.3, -0.25) is 4.40 Å². The Balaban J connectivity index is 1.83. The first-order chi connectivity index (χ1) is 12.9. The second-order valence-electron chi connectivity index (χ2n) is 7.54. The van der Waals surface area contributed by atoms with Crippen LogP contribution in [0.1, 0.15) is 20.8 Å². The number of nitrogens with zero attached hydrogens (tertiary/aromatic N) is 3. The normalized spacial score (nSPS) is 11.7. The van der Waals surface area contributed by atoms with Crippen molar-refractivity contribution in [2.24, 2.45) is 0 Å². The second kappa shape index (κ2) is 6.71. The van der Waals surface area contributed by atoms with Gasteiger partial charge in [-0.1, -0.05) is 66.2 Å². The number of hydrogen-bond donors (Lipinski definition) is 1. The van der Waals surface area contributed by atoms with Gasteiger partial charge in [-0.05, 0) is 31.9 Å². The Kier molecular flexibility index (Phi) is 4.36. The number of hydrogen-bond acceptors (Lipinski definition) is 3. The number of halogens is 1. The lowest BCUT2D eigenvalue weighted by atomic mass is 10.0. The minimum absolute atomic E-state index is 0.121. The molecule has 0 saturated heterocycles. The minimum Gasteiger partial charge on any atom is -0.365 e. The van der Waals surface area contributed by atoms with Crippen LogP contribution in [-0.4, -0.2) is 19.9 Å². The molecule has 2 aromatic heterocycles. The first-order valence-corrected chi connectivity index (χ1v) is 9.27. The molecule has 0 aliphatic heterocycles. The van der Waals surface area contributed by atoms with E-state index in [1.165, 1.54) is 11.1 Å². The summed E-state index contributed by atoms with van der Waals surface area (Å²) in [5, 5.41) is 3.95. The van der Waals surface area contributed by atoms with E-state index >= 15 is 0 Å². The number of fused-ring (bicyclic) bond motifs is 1. The van der Waals surface area contributed by atoms with Gasteiger partial charge in [-0.25, -0.2) is 9.97 Å². The van der Waals surface area contributed by atoms with Gasteiger partial charge in [0.2, 0.25) is 0 Å². The molecule has 0 unspecified atom stereocenters. The molecular weight excluding hydrogens is 356 g/mol. The second-order valence-corrected chi connectivity index (χ2v) is 7.90. The number of nitrogens with one attached hydrogen (secondary N) is 1. The lowest BCUT2D eigenvalue weighted by Gasteiger charge is -2.22. The zero-order valence-electron chi connectivity index (χ0n) is 15.6. The fourth-order valence-corrected chi connectivity index (χ4v) is 3.26. The number of rotatable bonds is 3. The van der Waals surface area contributed by atoms with Crippen molar-refractivity contribution < 1.29 is 0 Å². The van der Waals surface area contributed by atoms with E-state index in [-0.39, 0.29) is 5.54 Å². The number of imidazole rings is 1. The van der Waals surface area contributed by atoms with Crippen LogP contribution in [0.2, 0.25) is 5.15 Å². The van der Waals surface area contributed by atoms with Crippen LogP contribution >= 0.6 is 11.6 Å². The fraction of sp³-hybridized carbons (Fsp3) is 0.182. The highest BCUT2D eigenvalue weighted by Crippen LogP contribution is 2.33. The number of benzene rings is 2. The number of anilines is 1. The Morgan fingerprint density at radius 3 is 2.19 bits per heavy atom. The van der Waals surface area contributed by atoms with Gasteiger partial charge in [0.15, 0.2) is 10.8 Å². The van der Waals surface area contributed by atoms with Crippen molar-refractivity contribution in [2.75, 3.05) is 5.32 Å². The Hall–Kier alpha value is -2.85. The summed E-state index contributed by atoms with van der Waals surface area (Å²) < 4.78 is 1.96. The average Bonchev–Trinajstić information content (AvgIpc) is 3.01. The zero-order chi connectivity index (χ0) is 19.0. The molecule has 0 aliphatic rings. The molecule has 0 saturated carbocycles. The van der Waals surface area contributed by atoms with E-state index in [1.807, 2.05) is 28.8 Å². The highest BCUT2D eigenvalue weighted by Gasteiger charge is 2.20. The van der Waals surface area contributed by atoms with Crippen molar-refractivity contribution in [2.45, 2.75) is 26.3 Å². The third-order valence-electron chi connectivity index (χ3n) is 4.26. The lowest BCUT2D eigenvalue weighted by molar-refractivity contribution is 0.629. The summed E-state index contributed by atoms with van der Waals surface area (Å²) in [7, 11) is 0. The maximum absolute atomic E-state index is 6.28. The van der Waals surface area contributed by atoms with Crippen molar-refractivity contribution in [3.63, 3.8) is 0 Å². The van der Waals surface area contributed by atoms with Gasteiger partial charge in [0, 0.05) is 23.5 Å². The first kappa shape index (κ1) is 17.6. The standard InChI is InChI=1S/C22H21ClN4/c1-22(2,3)26-20-18(25-21-19(23)24-13-14-27(20)21)17-11-9-16(10-12-17)15-7-5-4-6-8-15/h4-14,26H,1-3H3. The lowest BCUT2D eigenvalue weighted by Crippen LogP contribution is -2.27. The van der Waals surface area contributed by atoms with Crippen LogP contribution in [-0.2, 0) is 0 Å². The summed E-state index contributed by atoms with van der Waals surface area (Å²) in [5.74, 6) is 0.911. The van der Waals surface area contributed by atoms with Gasteiger partial charge in [-0.2, -0.15) is 0 Å². The summed E-state index contributed by atoms with van der Waals surface area (Å²) in [6.45, 7) is 6.37. The van der Waals surface area contributed by atoms with E-state index in [0.29, 0.717) is 10.8 Å². The van der Waals surface area contributed by atoms with Crippen molar-refractivity contribution in [1.29, 1.82) is 0 Å². The Labute approximate surface area is 163 Å². The van der Waals surface area contributed by atoms with Gasteiger partial charge in [0.1, 0.15) is 11.5 Å². The minimum atomic E-state index is -0.121. The summed E-state index contributed by atoms with van der Waals surface area (Å²) in [5.41, 5.74) is 4.78. The summed E-state index contributed by atoms with van der Waals surface area (Å²) in [6, 6.07) is 18.8. The largest absolute Gasteiger partial charge is 0.365 e. The Morgan fingerprint density at radius 1 is 0.889 bits per heavy atom. The van der Waals surface area contributed by atoms with Crippen molar-refractivity contribution >= 4 is 23.1 Å². The summed E-state index contributed by atoms with van der Waals surface area (Å²) >= 11 is 6.28. The molecule has 2 aromatic carbocycles. The van der Waals surface area contributed by atoms with Gasteiger partial charge in [0.25, 0.3) is 0 Å². The van der Waals surface area contributed by atoms with Crippen LogP contribution in [0, 0.1) is 0 Å². The Bertz CT molecular complexity index is 1080. The highest BCUT2D eigenvalue weighted by atomic mass is 35.5. The molecule has 0 fully saturated rings. The molecule has 27 heavy (non-hydrogen) atoms. The maximum Gasteiger partial charge on any atom is 0.177 e. The fourth-order valence-electron chi connectivity index (χ4n) is 3.07. The molecule has 4 aromatic rings. The summed E-state index contributed by atoms with van der Waals surface area (Å²) in [6.07, 6.45) is 3.57. The van der Waals surface area contributed by atoms with E-state index in [0.717, 1.165) is 17.1 Å². The molecule has 2 heterocycles. The van der Waals surface area contributed by atoms with Gasteiger partial charge < -0.3 is 5.32 Å². The molecule has 0 atom stereocenters. The van der Waals surface area contributed by atoms with Crippen molar-refractivity contribution in [3.8, 4) is 22.4 Å². The summed E-state index contributed by atoms with van der Waals surface area (Å²) in [4.78, 5) is 8.94. The van der Waals surface area contributed by atoms with E-state index in [1.54, 1.807) is 6.20 Å². The van der Waals surface area contributed by atoms with Crippen LogP contribution in [0.15, 0.2) is 67.0 Å². The zero-order valence-corrected chi connectivity index (χ0v) is 16.3. The van der Waals surface area contributed by atoms with Crippen LogP contribution in [0.25, 0.3) is 28.0 Å². The topological polar surface area (TPSA) is 42.2 Å². The predicted octanol–water partition coefficient (Wildman–Crippen LogP) is 5.93. The SMILES string of the molecule is CC(C)(C)Nc1c(-c2ccc(-c3ccccc3)cc2)nc2c(Cl)nccn12. The van der Waals surface area contributed by atoms with Crippen molar-refractivity contribution in [1.82, 2.24) is 14.4 Å². The van der Waals surface area contributed by atoms with Crippen LogP contribution in [0.3, 0.4) is 0 Å². The average molecular weight is 377 g/mol. The third kappa shape index (κ3) is 3.53. The van der Waals surface area contributed by atoms with E-state index < -0.39 is 0 Å². The molecule has 4 nitrogen and oxygen atoms in total. The molecule has 0 radical (unpaired) electrons. The molecule has 136 valence electrons. The maximum atomic E-state index is 6.28. The quantitative estimate of drug-likeness (QED) is 0.482. The van der Waals surface area contributed by atoms with Crippen LogP contribution in [0.4, 0.5) is 5.82 Å². The molecule has 0 spiro atoms. The van der Waals surface area contributed by atoms with E-state index in [2.05, 4.69) is 67.5 Å². The predicted molar refractivity (Wildman–Crippen MR) is 112 cm³/mol. The monoisotopic (exact) mass is 376 g/mol. The smallest absolute Gasteiger partial charge is 0.177 e. The molecule has 0 aliphatic carbocycles. The van der Waals surface area contributed by atoms with Crippen LogP contribution < -0.4 is 5.32 Å². The third-order valence-corrected chi connectivity index (χ3v) is 4.52. The van der Waals surface area contributed by atoms with Gasteiger partial charge in [-0.15, -0.1) is 0 Å². The van der Waals surface area contributed by atoms with Crippen molar-refractivity contribution in [3.05, 3.63) is 72.1 Å². The molecule has 4 rings (SSSR count).